The first-order valence-electron chi connectivity index (χ1n) is 24.7. The molecule has 9 aromatic rings. The lowest BCUT2D eigenvalue weighted by atomic mass is 9.89. The molecular formula is C64H61N5. The average molecular weight is 900 g/mol. The molecule has 342 valence electrons. The average Bonchev–Trinajstić information content (AvgIpc) is 3.90. The van der Waals surface area contributed by atoms with E-state index in [0.717, 1.165) is 60.3 Å². The quantitative estimate of drug-likeness (QED) is 0.101. The van der Waals surface area contributed by atoms with Gasteiger partial charge in [-0.15, -0.1) is 0 Å². The van der Waals surface area contributed by atoms with Crippen molar-refractivity contribution in [3.05, 3.63) is 252 Å². The lowest BCUT2D eigenvalue weighted by Crippen LogP contribution is -2.22. The zero-order chi connectivity index (χ0) is 47.1. The third kappa shape index (κ3) is 9.46. The molecular weight excluding hydrogens is 839 g/mol. The van der Waals surface area contributed by atoms with Gasteiger partial charge >= 0.3 is 0 Å². The lowest BCUT2D eigenvalue weighted by molar-refractivity contribution is 0.866. The Balaban J connectivity index is 0.000000169. The van der Waals surface area contributed by atoms with Crippen molar-refractivity contribution in [2.75, 3.05) is 51.9 Å². The van der Waals surface area contributed by atoms with Gasteiger partial charge < -0.3 is 25.8 Å². The van der Waals surface area contributed by atoms with Crippen LogP contribution in [0.4, 0.5) is 45.5 Å². The fourth-order valence-corrected chi connectivity index (χ4v) is 10.4. The number of nitrogens with zero attached hydrogens (tertiary/aromatic N) is 2. The van der Waals surface area contributed by atoms with Crippen LogP contribution in [-0.2, 0) is 0 Å². The maximum Gasteiger partial charge on any atom is 0.0390 e. The molecule has 69 heavy (non-hydrogen) atoms. The summed E-state index contributed by atoms with van der Waals surface area (Å²) in [5.74, 6) is 0.491. The molecule has 0 unspecified atom stereocenters. The van der Waals surface area contributed by atoms with E-state index < -0.39 is 0 Å². The van der Waals surface area contributed by atoms with Crippen LogP contribution in [0.1, 0.15) is 72.9 Å². The molecule has 0 saturated carbocycles. The number of para-hydroxylation sites is 3. The molecule has 0 spiro atoms. The van der Waals surface area contributed by atoms with Crippen LogP contribution in [0, 0.1) is 0 Å². The minimum atomic E-state index is 0.173. The molecule has 11 rings (SSSR count). The lowest BCUT2D eigenvalue weighted by Gasteiger charge is -2.23. The monoisotopic (exact) mass is 899 g/mol. The molecule has 0 fully saturated rings. The van der Waals surface area contributed by atoms with Gasteiger partial charge in [0.2, 0.25) is 0 Å². The number of nitrogens with one attached hydrogen (secondary N) is 3. The van der Waals surface area contributed by atoms with Gasteiger partial charge in [0.15, 0.2) is 0 Å². The van der Waals surface area contributed by atoms with E-state index in [1.54, 1.807) is 0 Å². The first-order chi connectivity index (χ1) is 34.0. The van der Waals surface area contributed by atoms with Gasteiger partial charge in [-0.25, -0.2) is 0 Å². The van der Waals surface area contributed by atoms with E-state index in [1.807, 2.05) is 30.3 Å². The Kier molecular flexibility index (Phi) is 13.3. The van der Waals surface area contributed by atoms with Gasteiger partial charge in [0.1, 0.15) is 0 Å². The Morgan fingerprint density at radius 1 is 0.290 bits per heavy atom. The molecule has 5 nitrogen and oxygen atoms in total. The fourth-order valence-electron chi connectivity index (χ4n) is 10.4. The highest BCUT2D eigenvalue weighted by atomic mass is 15.1. The summed E-state index contributed by atoms with van der Waals surface area (Å²) < 4.78 is 0. The van der Waals surface area contributed by atoms with E-state index in [-0.39, 0.29) is 5.92 Å². The second kappa shape index (κ2) is 20.5. The van der Waals surface area contributed by atoms with E-state index in [4.69, 9.17) is 0 Å². The van der Waals surface area contributed by atoms with Crippen LogP contribution in [-0.4, -0.2) is 26.2 Å². The van der Waals surface area contributed by atoms with Crippen LogP contribution in [0.2, 0.25) is 0 Å². The Morgan fingerprint density at radius 3 is 0.957 bits per heavy atom. The standard InChI is InChI=1S/C37H29N3.C27H32N2/c1-4-10-27(11-5-1)38-30-18-16-26(17-19-30)37-33-22-20-31(39-28-12-6-2-7-13-28)24-35(33)36-25-32(21-23-34(36)37)40-29-14-8-3-9-15-29;1-5-28(6-2)21-14-16-23-25(18-21)26-19-22(29(7-3)8-4)15-17-24(26)27(23)20-12-10-9-11-13-20/h1-25,37-40H;9-19,27H,5-8H2,1-4H3. The predicted molar refractivity (Wildman–Crippen MR) is 295 cm³/mol. The minimum absolute atomic E-state index is 0.173. The normalized spacial score (nSPS) is 12.2. The molecule has 0 saturated heterocycles. The van der Waals surface area contributed by atoms with E-state index in [2.05, 4.69) is 242 Å². The summed E-state index contributed by atoms with van der Waals surface area (Å²) in [4.78, 5) is 4.87. The van der Waals surface area contributed by atoms with E-state index in [9.17, 15) is 0 Å². The van der Waals surface area contributed by atoms with Crippen molar-refractivity contribution in [3.63, 3.8) is 0 Å². The molecule has 0 amide bonds. The molecule has 0 aliphatic heterocycles. The maximum atomic E-state index is 3.58. The molecule has 0 atom stereocenters. The van der Waals surface area contributed by atoms with Gasteiger partial charge in [0.25, 0.3) is 0 Å². The number of benzene rings is 9. The molecule has 0 heterocycles. The van der Waals surface area contributed by atoms with Crippen LogP contribution in [0.3, 0.4) is 0 Å². The molecule has 0 bridgehead atoms. The van der Waals surface area contributed by atoms with E-state index in [0.29, 0.717) is 5.92 Å². The summed E-state index contributed by atoms with van der Waals surface area (Å²) >= 11 is 0. The molecule has 9 aromatic carbocycles. The van der Waals surface area contributed by atoms with Crippen molar-refractivity contribution in [2.45, 2.75) is 39.5 Å². The van der Waals surface area contributed by atoms with Gasteiger partial charge in [-0.2, -0.15) is 0 Å². The first-order valence-corrected chi connectivity index (χ1v) is 24.7. The Bertz CT molecular complexity index is 2970. The van der Waals surface area contributed by atoms with Gasteiger partial charge in [0, 0.05) is 83.5 Å². The fraction of sp³-hybridized carbons (Fsp3) is 0.156. The predicted octanol–water partition coefficient (Wildman–Crippen LogP) is 16.6. The van der Waals surface area contributed by atoms with Gasteiger partial charge in [-0.3, -0.25) is 0 Å². The summed E-state index contributed by atoms with van der Waals surface area (Å²) in [6.45, 7) is 13.1. The minimum Gasteiger partial charge on any atom is -0.372 e. The summed E-state index contributed by atoms with van der Waals surface area (Å²) in [5.41, 5.74) is 22.6. The highest BCUT2D eigenvalue weighted by Crippen LogP contribution is 2.52. The highest BCUT2D eigenvalue weighted by Gasteiger charge is 2.32. The Labute approximate surface area is 409 Å². The zero-order valence-electron chi connectivity index (χ0n) is 40.2. The molecule has 5 heteroatoms. The number of anilines is 8. The van der Waals surface area contributed by atoms with Crippen molar-refractivity contribution in [3.8, 4) is 22.3 Å². The summed E-state index contributed by atoms with van der Waals surface area (Å²) in [5, 5.41) is 10.7. The molecule has 2 aliphatic carbocycles. The van der Waals surface area contributed by atoms with Crippen molar-refractivity contribution in [2.24, 2.45) is 0 Å². The van der Waals surface area contributed by atoms with Gasteiger partial charge in [-0.05, 0) is 180 Å². The van der Waals surface area contributed by atoms with Crippen molar-refractivity contribution in [1.82, 2.24) is 0 Å². The Hall–Kier alpha value is -8.02. The third-order valence-electron chi connectivity index (χ3n) is 13.8. The van der Waals surface area contributed by atoms with Crippen molar-refractivity contribution in [1.29, 1.82) is 0 Å². The second-order valence-corrected chi connectivity index (χ2v) is 17.9. The SMILES string of the molecule is CCN(CC)c1ccc2c(c1)-c1cc(N(CC)CC)ccc1C2c1ccccc1.c1ccc(Nc2ccc(C3c4ccc(Nc5ccccc5)cc4-c4cc(Nc5ccccc5)ccc43)cc2)cc1. The summed E-state index contributed by atoms with van der Waals surface area (Å²) in [6, 6.07) is 78.4. The van der Waals surface area contributed by atoms with Crippen LogP contribution in [0.25, 0.3) is 22.3 Å². The van der Waals surface area contributed by atoms with E-state index >= 15 is 0 Å². The number of hydrogen-bond donors (Lipinski definition) is 3. The maximum absolute atomic E-state index is 3.58. The molecule has 0 radical (unpaired) electrons. The number of rotatable bonds is 14. The van der Waals surface area contributed by atoms with Gasteiger partial charge in [-0.1, -0.05) is 121 Å². The molecule has 2 aliphatic rings. The van der Waals surface area contributed by atoms with Crippen molar-refractivity contribution >= 4 is 45.5 Å². The number of hydrogen-bond acceptors (Lipinski definition) is 5. The van der Waals surface area contributed by atoms with Gasteiger partial charge in [0.05, 0.1) is 0 Å². The summed E-state index contributed by atoms with van der Waals surface area (Å²) in [6.07, 6.45) is 0. The zero-order valence-corrected chi connectivity index (χ0v) is 40.2. The van der Waals surface area contributed by atoms with E-state index in [1.165, 1.54) is 67.0 Å². The Morgan fingerprint density at radius 2 is 0.580 bits per heavy atom. The van der Waals surface area contributed by atoms with Crippen LogP contribution in [0.15, 0.2) is 218 Å². The topological polar surface area (TPSA) is 42.6 Å². The number of fused-ring (bicyclic) bond motifs is 6. The third-order valence-corrected chi connectivity index (χ3v) is 13.8. The molecule has 0 aromatic heterocycles. The second-order valence-electron chi connectivity index (χ2n) is 17.9. The smallest absolute Gasteiger partial charge is 0.0390 e. The largest absolute Gasteiger partial charge is 0.372 e. The summed E-state index contributed by atoms with van der Waals surface area (Å²) in [7, 11) is 0. The highest BCUT2D eigenvalue weighted by molar-refractivity contribution is 5.87. The van der Waals surface area contributed by atoms with Crippen molar-refractivity contribution < 1.29 is 0 Å². The van der Waals surface area contributed by atoms with Crippen LogP contribution < -0.4 is 25.8 Å². The molecule has 3 N–H and O–H groups in total. The van der Waals surface area contributed by atoms with Crippen LogP contribution >= 0.6 is 0 Å². The van der Waals surface area contributed by atoms with Crippen LogP contribution in [0.5, 0.6) is 0 Å². The first kappa shape index (κ1) is 44.8.